The van der Waals surface area contributed by atoms with Crippen LogP contribution in [-0.2, 0) is 30.7 Å². The number of nitrogens with zero attached hydrogens (tertiary/aromatic N) is 4. The van der Waals surface area contributed by atoms with E-state index in [0.717, 1.165) is 43.6 Å². The molecule has 144 valence electrons. The molecular weight excluding hydrogens is 392 g/mol. The van der Waals surface area contributed by atoms with E-state index >= 15 is 0 Å². The molecule has 0 bridgehead atoms. The number of hydrogen-bond acceptors (Lipinski definition) is 6. The summed E-state index contributed by atoms with van der Waals surface area (Å²) in [6.07, 6.45) is 6.52. The number of pyridine rings is 1. The topological polar surface area (TPSA) is 77.0 Å². The summed E-state index contributed by atoms with van der Waals surface area (Å²) in [5.41, 5.74) is 0.816. The van der Waals surface area contributed by atoms with Crippen LogP contribution in [0.15, 0.2) is 18.3 Å². The van der Waals surface area contributed by atoms with Gasteiger partial charge in [0.05, 0.1) is 27.8 Å². The van der Waals surface area contributed by atoms with Gasteiger partial charge in [0.1, 0.15) is 12.1 Å². The van der Waals surface area contributed by atoms with Crippen molar-refractivity contribution in [2.24, 2.45) is 0 Å². The SMILES string of the molecule is CN(CCC(C=O)N(S)S(O)=S)c1ccc(N2CCCCCC2=O)cn1. The van der Waals surface area contributed by atoms with Gasteiger partial charge in [-0.15, -0.1) is 0 Å². The fraction of sp³-hybridized carbons (Fsp3) is 0.562. The molecule has 2 rings (SSSR count). The van der Waals surface area contributed by atoms with E-state index in [1.807, 2.05) is 24.1 Å². The second kappa shape index (κ2) is 10.3. The van der Waals surface area contributed by atoms with Crippen LogP contribution in [0, 0.1) is 0 Å². The van der Waals surface area contributed by atoms with Crippen molar-refractivity contribution < 1.29 is 14.1 Å². The first-order valence-electron chi connectivity index (χ1n) is 8.46. The van der Waals surface area contributed by atoms with Crippen molar-refractivity contribution in [3.63, 3.8) is 0 Å². The third-order valence-corrected chi connectivity index (χ3v) is 6.53. The molecule has 1 N–H and O–H groups in total. The smallest absolute Gasteiger partial charge is 0.227 e. The quantitative estimate of drug-likeness (QED) is 0.496. The molecular formula is C16H24N4O3S3. The Balaban J connectivity index is 1.97. The molecule has 1 saturated heterocycles. The number of hydrogen-bond donors (Lipinski definition) is 2. The summed E-state index contributed by atoms with van der Waals surface area (Å²) in [4.78, 5) is 31.5. The van der Waals surface area contributed by atoms with Crippen molar-refractivity contribution in [1.82, 2.24) is 8.69 Å². The molecule has 0 radical (unpaired) electrons. The molecule has 1 aliphatic heterocycles. The van der Waals surface area contributed by atoms with Gasteiger partial charge in [0.2, 0.25) is 5.91 Å². The zero-order valence-electron chi connectivity index (χ0n) is 14.7. The van der Waals surface area contributed by atoms with Gasteiger partial charge in [-0.2, -0.15) is 3.71 Å². The average molecular weight is 417 g/mol. The maximum atomic E-state index is 12.2. The molecule has 2 atom stereocenters. The fourth-order valence-electron chi connectivity index (χ4n) is 2.81. The van der Waals surface area contributed by atoms with Gasteiger partial charge in [-0.05, 0) is 42.6 Å². The maximum Gasteiger partial charge on any atom is 0.227 e. The third kappa shape index (κ3) is 5.71. The van der Waals surface area contributed by atoms with Gasteiger partial charge in [-0.1, -0.05) is 19.2 Å². The molecule has 1 aliphatic rings. The van der Waals surface area contributed by atoms with Gasteiger partial charge in [0, 0.05) is 26.6 Å². The highest BCUT2D eigenvalue weighted by atomic mass is 32.8. The van der Waals surface area contributed by atoms with Gasteiger partial charge in [-0.3, -0.25) is 4.79 Å². The Hall–Kier alpha value is -1.07. The van der Waals surface area contributed by atoms with Crippen LogP contribution < -0.4 is 9.80 Å². The number of carbonyl (C=O) groups excluding carboxylic acids is 2. The zero-order chi connectivity index (χ0) is 19.1. The van der Waals surface area contributed by atoms with Gasteiger partial charge >= 0.3 is 0 Å². The normalized spacial score (nSPS) is 17.7. The largest absolute Gasteiger partial charge is 0.360 e. The highest BCUT2D eigenvalue weighted by Gasteiger charge is 2.20. The summed E-state index contributed by atoms with van der Waals surface area (Å²) < 4.78 is 10.6. The first-order valence-corrected chi connectivity index (χ1v) is 10.9. The molecule has 0 saturated carbocycles. The number of rotatable bonds is 8. The second-order valence-electron chi connectivity index (χ2n) is 6.18. The zero-order valence-corrected chi connectivity index (χ0v) is 17.2. The molecule has 7 nitrogen and oxygen atoms in total. The summed E-state index contributed by atoms with van der Waals surface area (Å²) in [5.74, 6) is 0.893. The van der Waals surface area contributed by atoms with Crippen LogP contribution in [0.25, 0.3) is 0 Å². The van der Waals surface area contributed by atoms with Crippen molar-refractivity contribution in [2.75, 3.05) is 29.9 Å². The molecule has 1 aromatic heterocycles. The lowest BCUT2D eigenvalue weighted by Crippen LogP contribution is -2.34. The van der Waals surface area contributed by atoms with E-state index in [4.69, 9.17) is 11.2 Å². The summed E-state index contributed by atoms with van der Waals surface area (Å²) in [5, 5.41) is 0. The number of anilines is 2. The standard InChI is InChI=1S/C16H24N4O3S3/c1-18(10-8-14(12-21)20(24)26(23)25)15-7-6-13(11-17-15)19-9-4-2-3-5-16(19)22/h6-7,11-12,14,24H,2-5,8-10H2,1H3,(H,23,25). The van der Waals surface area contributed by atoms with Crippen molar-refractivity contribution in [3.8, 4) is 0 Å². The number of amides is 1. The van der Waals surface area contributed by atoms with E-state index in [-0.39, 0.29) is 5.91 Å². The van der Waals surface area contributed by atoms with Gasteiger partial charge in [0.15, 0.2) is 0 Å². The third-order valence-electron chi connectivity index (χ3n) is 4.37. The van der Waals surface area contributed by atoms with Gasteiger partial charge < -0.3 is 19.1 Å². The first-order chi connectivity index (χ1) is 12.4. The van der Waals surface area contributed by atoms with E-state index in [1.165, 1.54) is 3.71 Å². The summed E-state index contributed by atoms with van der Waals surface area (Å²) >= 11 is 8.80. The highest BCUT2D eigenvalue weighted by Crippen LogP contribution is 2.22. The molecule has 26 heavy (non-hydrogen) atoms. The number of aldehydes is 1. The predicted molar refractivity (Wildman–Crippen MR) is 111 cm³/mol. The Morgan fingerprint density at radius 2 is 2.23 bits per heavy atom. The minimum atomic E-state index is -1.48. The van der Waals surface area contributed by atoms with Crippen LogP contribution in [-0.4, -0.2) is 51.6 Å². The average Bonchev–Trinajstić information content (AvgIpc) is 2.86. The summed E-state index contributed by atoms with van der Waals surface area (Å²) in [6, 6.07) is 3.20. The number of thiol groups is 1. The van der Waals surface area contributed by atoms with E-state index in [9.17, 15) is 14.1 Å². The second-order valence-corrected chi connectivity index (χ2v) is 8.63. The monoisotopic (exact) mass is 416 g/mol. The lowest BCUT2D eigenvalue weighted by atomic mass is 10.2. The summed E-state index contributed by atoms with van der Waals surface area (Å²) in [6.45, 7) is 1.28. The van der Waals surface area contributed by atoms with E-state index in [0.29, 0.717) is 19.4 Å². The Labute approximate surface area is 166 Å². The lowest BCUT2D eigenvalue weighted by molar-refractivity contribution is -0.118. The van der Waals surface area contributed by atoms with E-state index in [2.05, 4.69) is 17.8 Å². The lowest BCUT2D eigenvalue weighted by Gasteiger charge is -2.25. The molecule has 1 amide bonds. The van der Waals surface area contributed by atoms with Crippen molar-refractivity contribution >= 4 is 57.6 Å². The number of carbonyl (C=O) groups is 2. The fourth-order valence-corrected chi connectivity index (χ4v) is 3.69. The van der Waals surface area contributed by atoms with Gasteiger partial charge in [0.25, 0.3) is 0 Å². The molecule has 0 aliphatic carbocycles. The number of aromatic nitrogens is 1. The Morgan fingerprint density at radius 1 is 1.46 bits per heavy atom. The Kier molecular flexibility index (Phi) is 8.42. The van der Waals surface area contributed by atoms with Crippen LogP contribution in [0.2, 0.25) is 0 Å². The van der Waals surface area contributed by atoms with Crippen LogP contribution in [0.5, 0.6) is 0 Å². The minimum Gasteiger partial charge on any atom is -0.360 e. The molecule has 2 unspecified atom stereocenters. The predicted octanol–water partition coefficient (Wildman–Crippen LogP) is 2.00. The molecule has 0 spiro atoms. The molecule has 2 heterocycles. The van der Waals surface area contributed by atoms with Crippen LogP contribution in [0.1, 0.15) is 32.1 Å². The van der Waals surface area contributed by atoms with Crippen LogP contribution in [0.3, 0.4) is 0 Å². The van der Waals surface area contributed by atoms with E-state index in [1.54, 1.807) is 11.1 Å². The van der Waals surface area contributed by atoms with Crippen molar-refractivity contribution in [1.29, 1.82) is 0 Å². The van der Waals surface area contributed by atoms with E-state index < -0.39 is 16.0 Å². The molecule has 10 heteroatoms. The highest BCUT2D eigenvalue weighted by molar-refractivity contribution is 8.27. The summed E-state index contributed by atoms with van der Waals surface area (Å²) in [7, 11) is 0.389. The van der Waals surface area contributed by atoms with Crippen molar-refractivity contribution in [2.45, 2.75) is 38.1 Å². The van der Waals surface area contributed by atoms with Crippen molar-refractivity contribution in [3.05, 3.63) is 18.3 Å². The first kappa shape index (κ1) is 21.2. The molecule has 1 fully saturated rings. The molecule has 0 aromatic carbocycles. The van der Waals surface area contributed by atoms with Gasteiger partial charge in [-0.25, -0.2) is 4.98 Å². The van der Waals surface area contributed by atoms with Crippen LogP contribution >= 0.6 is 12.8 Å². The maximum absolute atomic E-state index is 12.2. The Bertz CT molecular complexity index is 644. The minimum absolute atomic E-state index is 0.149. The van der Waals surface area contributed by atoms with Crippen LogP contribution in [0.4, 0.5) is 11.5 Å². The molecule has 1 aromatic rings. The Morgan fingerprint density at radius 3 is 2.85 bits per heavy atom.